The summed E-state index contributed by atoms with van der Waals surface area (Å²) >= 11 is 0. The molecule has 0 atom stereocenters. The normalized spacial score (nSPS) is 10.9. The number of aryl methyl sites for hydroxylation is 1. The lowest BCUT2D eigenvalue weighted by atomic mass is 10.1. The third-order valence-corrected chi connectivity index (χ3v) is 2.20. The van der Waals surface area contributed by atoms with Crippen LogP contribution in [0.1, 0.15) is 25.0 Å². The molecule has 0 aliphatic heterocycles. The summed E-state index contributed by atoms with van der Waals surface area (Å²) in [7, 11) is 0. The largest absolute Gasteiger partial charge is 0.314 e. The van der Waals surface area contributed by atoms with Gasteiger partial charge in [-0.05, 0) is 37.1 Å². The molecule has 0 aliphatic carbocycles. The van der Waals surface area contributed by atoms with E-state index >= 15 is 0 Å². The molecule has 0 amide bonds. The van der Waals surface area contributed by atoms with Gasteiger partial charge < -0.3 is 5.32 Å². The van der Waals surface area contributed by atoms with Crippen molar-refractivity contribution in [1.82, 2.24) is 5.32 Å². The highest BCUT2D eigenvalue weighted by Crippen LogP contribution is 2.09. The number of halogens is 1. The van der Waals surface area contributed by atoms with Gasteiger partial charge in [0.15, 0.2) is 0 Å². The Morgan fingerprint density at radius 2 is 2.07 bits per heavy atom. The van der Waals surface area contributed by atoms with E-state index in [1.807, 2.05) is 12.1 Å². The smallest absolute Gasteiger partial charge is 0.126 e. The van der Waals surface area contributed by atoms with E-state index in [2.05, 4.69) is 19.2 Å². The van der Waals surface area contributed by atoms with Gasteiger partial charge in [0.25, 0.3) is 0 Å². The van der Waals surface area contributed by atoms with Gasteiger partial charge in [-0.3, -0.25) is 0 Å². The average Bonchev–Trinajstić information content (AvgIpc) is 2.10. The first-order chi connectivity index (χ1) is 6.59. The van der Waals surface area contributed by atoms with Crippen molar-refractivity contribution in [2.45, 2.75) is 33.2 Å². The summed E-state index contributed by atoms with van der Waals surface area (Å²) < 4.78 is 13.1. The maximum absolute atomic E-state index is 13.1. The maximum Gasteiger partial charge on any atom is 0.126 e. The molecule has 0 bridgehead atoms. The summed E-state index contributed by atoms with van der Waals surface area (Å²) in [6.07, 6.45) is 0.884. The van der Waals surface area contributed by atoms with Crippen molar-refractivity contribution in [3.8, 4) is 0 Å². The fourth-order valence-electron chi connectivity index (χ4n) is 1.30. The van der Waals surface area contributed by atoms with Crippen LogP contribution in [-0.4, -0.2) is 12.6 Å². The van der Waals surface area contributed by atoms with Crippen molar-refractivity contribution in [3.05, 3.63) is 35.1 Å². The number of nitrogens with one attached hydrogen (secondary N) is 1. The predicted octanol–water partition coefficient (Wildman–Crippen LogP) is 2.67. The SMILES string of the molecule is Cc1ccc(CCNC(C)C)cc1F. The van der Waals surface area contributed by atoms with Gasteiger partial charge in [0, 0.05) is 6.04 Å². The Labute approximate surface area is 85.3 Å². The van der Waals surface area contributed by atoms with Crippen molar-refractivity contribution >= 4 is 0 Å². The van der Waals surface area contributed by atoms with Crippen LogP contribution >= 0.6 is 0 Å². The monoisotopic (exact) mass is 195 g/mol. The van der Waals surface area contributed by atoms with Crippen LogP contribution in [0.2, 0.25) is 0 Å². The van der Waals surface area contributed by atoms with E-state index in [1.165, 1.54) is 0 Å². The fraction of sp³-hybridized carbons (Fsp3) is 0.500. The Morgan fingerprint density at radius 3 is 2.64 bits per heavy atom. The number of benzene rings is 1. The van der Waals surface area contributed by atoms with Gasteiger partial charge in [0.05, 0.1) is 0 Å². The standard InChI is InChI=1S/C12H18FN/c1-9(2)14-7-6-11-5-4-10(3)12(13)8-11/h4-5,8-9,14H,6-7H2,1-3H3. The zero-order valence-electron chi connectivity index (χ0n) is 9.10. The predicted molar refractivity (Wildman–Crippen MR) is 58.0 cm³/mol. The van der Waals surface area contributed by atoms with Gasteiger partial charge in [-0.15, -0.1) is 0 Å². The molecule has 0 saturated heterocycles. The molecule has 0 heterocycles. The molecular weight excluding hydrogens is 177 g/mol. The Morgan fingerprint density at radius 1 is 1.36 bits per heavy atom. The average molecular weight is 195 g/mol. The molecule has 0 aliphatic rings. The Balaban J connectivity index is 2.47. The van der Waals surface area contributed by atoms with E-state index in [4.69, 9.17) is 0 Å². The summed E-state index contributed by atoms with van der Waals surface area (Å²) in [5.74, 6) is -0.105. The van der Waals surface area contributed by atoms with Crippen LogP contribution in [0.3, 0.4) is 0 Å². The molecule has 0 unspecified atom stereocenters. The van der Waals surface area contributed by atoms with Gasteiger partial charge in [0.1, 0.15) is 5.82 Å². The van der Waals surface area contributed by atoms with Crippen molar-refractivity contribution in [1.29, 1.82) is 0 Å². The van der Waals surface area contributed by atoms with Crippen LogP contribution in [-0.2, 0) is 6.42 Å². The lowest BCUT2D eigenvalue weighted by Crippen LogP contribution is -2.24. The van der Waals surface area contributed by atoms with Crippen LogP contribution in [0, 0.1) is 12.7 Å². The summed E-state index contributed by atoms with van der Waals surface area (Å²) in [6.45, 7) is 6.90. The van der Waals surface area contributed by atoms with E-state index in [1.54, 1.807) is 13.0 Å². The summed E-state index contributed by atoms with van der Waals surface area (Å²) in [6, 6.07) is 5.93. The molecule has 0 fully saturated rings. The second kappa shape index (κ2) is 5.11. The van der Waals surface area contributed by atoms with Crippen LogP contribution in [0.25, 0.3) is 0 Å². The van der Waals surface area contributed by atoms with Crippen LogP contribution in [0.4, 0.5) is 4.39 Å². The van der Waals surface area contributed by atoms with Gasteiger partial charge in [-0.25, -0.2) is 4.39 Å². The second-order valence-electron chi connectivity index (χ2n) is 3.94. The highest BCUT2D eigenvalue weighted by Gasteiger charge is 1.99. The molecule has 78 valence electrons. The lowest BCUT2D eigenvalue weighted by Gasteiger charge is -2.08. The van der Waals surface area contributed by atoms with Crippen molar-refractivity contribution in [3.63, 3.8) is 0 Å². The minimum atomic E-state index is -0.105. The van der Waals surface area contributed by atoms with Crippen molar-refractivity contribution < 1.29 is 4.39 Å². The molecule has 1 nitrogen and oxygen atoms in total. The Kier molecular flexibility index (Phi) is 4.08. The van der Waals surface area contributed by atoms with E-state index in [0.29, 0.717) is 11.6 Å². The quantitative estimate of drug-likeness (QED) is 0.779. The Bertz CT molecular complexity index is 294. The van der Waals surface area contributed by atoms with Gasteiger partial charge in [-0.1, -0.05) is 26.0 Å². The molecule has 0 spiro atoms. The molecule has 1 rings (SSSR count). The first-order valence-electron chi connectivity index (χ1n) is 5.08. The summed E-state index contributed by atoms with van der Waals surface area (Å²) in [5, 5.41) is 3.31. The topological polar surface area (TPSA) is 12.0 Å². The Hall–Kier alpha value is -0.890. The molecule has 1 aromatic carbocycles. The van der Waals surface area contributed by atoms with Gasteiger partial charge >= 0.3 is 0 Å². The fourth-order valence-corrected chi connectivity index (χ4v) is 1.30. The third-order valence-electron chi connectivity index (χ3n) is 2.20. The minimum Gasteiger partial charge on any atom is -0.314 e. The molecular formula is C12H18FN. The number of hydrogen-bond donors (Lipinski definition) is 1. The van der Waals surface area contributed by atoms with Crippen LogP contribution in [0.15, 0.2) is 18.2 Å². The molecule has 14 heavy (non-hydrogen) atoms. The van der Waals surface area contributed by atoms with Crippen LogP contribution < -0.4 is 5.32 Å². The molecule has 0 saturated carbocycles. The number of hydrogen-bond acceptors (Lipinski definition) is 1. The molecule has 0 aromatic heterocycles. The highest BCUT2D eigenvalue weighted by molar-refractivity contribution is 5.23. The summed E-state index contributed by atoms with van der Waals surface area (Å²) in [4.78, 5) is 0. The van der Waals surface area contributed by atoms with E-state index in [-0.39, 0.29) is 5.82 Å². The van der Waals surface area contributed by atoms with E-state index in [9.17, 15) is 4.39 Å². The first kappa shape index (κ1) is 11.2. The lowest BCUT2D eigenvalue weighted by molar-refractivity contribution is 0.586. The van der Waals surface area contributed by atoms with E-state index in [0.717, 1.165) is 18.5 Å². The molecule has 0 radical (unpaired) electrons. The zero-order chi connectivity index (χ0) is 10.6. The highest BCUT2D eigenvalue weighted by atomic mass is 19.1. The second-order valence-corrected chi connectivity index (χ2v) is 3.94. The van der Waals surface area contributed by atoms with Gasteiger partial charge in [0.2, 0.25) is 0 Å². The maximum atomic E-state index is 13.1. The molecule has 1 N–H and O–H groups in total. The van der Waals surface area contributed by atoms with Gasteiger partial charge in [-0.2, -0.15) is 0 Å². The van der Waals surface area contributed by atoms with E-state index < -0.39 is 0 Å². The summed E-state index contributed by atoms with van der Waals surface area (Å²) in [5.41, 5.74) is 1.77. The third kappa shape index (κ3) is 3.46. The van der Waals surface area contributed by atoms with Crippen molar-refractivity contribution in [2.24, 2.45) is 0 Å². The molecule has 1 aromatic rings. The molecule has 2 heteroatoms. The van der Waals surface area contributed by atoms with Crippen molar-refractivity contribution in [2.75, 3.05) is 6.54 Å². The minimum absolute atomic E-state index is 0.105. The number of rotatable bonds is 4. The first-order valence-corrected chi connectivity index (χ1v) is 5.08. The zero-order valence-corrected chi connectivity index (χ0v) is 9.10. The van der Waals surface area contributed by atoms with Crippen LogP contribution in [0.5, 0.6) is 0 Å².